The number of nitrogens with one attached hydrogen (secondary N) is 1. The summed E-state index contributed by atoms with van der Waals surface area (Å²) in [5.41, 5.74) is 0.662. The first-order valence-corrected chi connectivity index (χ1v) is 5.91. The number of rotatable bonds is 4. The molecule has 1 unspecified atom stereocenters. The number of aromatic nitrogens is 1. The average molecular weight is 262 g/mol. The molecule has 1 aromatic heterocycles. The Labute approximate surface area is 110 Å². The second-order valence-corrected chi connectivity index (χ2v) is 4.25. The van der Waals surface area contributed by atoms with Crippen LogP contribution in [0.25, 0.3) is 0 Å². The van der Waals surface area contributed by atoms with Crippen molar-refractivity contribution in [3.8, 4) is 0 Å². The number of halogens is 1. The van der Waals surface area contributed by atoms with Crippen LogP contribution in [-0.2, 0) is 7.05 Å². The maximum absolute atomic E-state index is 13.4. The molecule has 5 heteroatoms. The molecule has 0 aliphatic rings. The van der Waals surface area contributed by atoms with Gasteiger partial charge in [0.15, 0.2) is 0 Å². The number of nitrogens with zero attached hydrogens (tertiary/aromatic N) is 1. The number of hydrogen-bond donors (Lipinski definition) is 2. The molecule has 0 aliphatic carbocycles. The fourth-order valence-corrected chi connectivity index (χ4v) is 1.83. The first-order valence-electron chi connectivity index (χ1n) is 5.91. The number of benzene rings is 1. The van der Waals surface area contributed by atoms with Crippen LogP contribution in [0.5, 0.6) is 0 Å². The molecule has 1 heterocycles. The van der Waals surface area contributed by atoms with Crippen LogP contribution in [0.3, 0.4) is 0 Å². The van der Waals surface area contributed by atoms with Gasteiger partial charge in [-0.1, -0.05) is 18.2 Å². The highest BCUT2D eigenvalue weighted by Gasteiger charge is 2.14. The Kier molecular flexibility index (Phi) is 3.97. The lowest BCUT2D eigenvalue weighted by atomic mass is 10.1. The highest BCUT2D eigenvalue weighted by Crippen LogP contribution is 2.15. The molecule has 1 atom stereocenters. The zero-order valence-corrected chi connectivity index (χ0v) is 10.5. The molecule has 0 aliphatic heterocycles. The summed E-state index contributed by atoms with van der Waals surface area (Å²) in [7, 11) is 1.75. The van der Waals surface area contributed by atoms with Crippen molar-refractivity contribution in [2.24, 2.45) is 7.05 Å². The third kappa shape index (κ3) is 3.00. The molecule has 1 amide bonds. The van der Waals surface area contributed by atoms with Gasteiger partial charge in [0.1, 0.15) is 11.5 Å². The summed E-state index contributed by atoms with van der Waals surface area (Å²) in [4.78, 5) is 11.8. The van der Waals surface area contributed by atoms with E-state index in [0.717, 1.165) is 0 Å². The highest BCUT2D eigenvalue weighted by atomic mass is 19.1. The molecule has 2 rings (SSSR count). The molecular weight excluding hydrogens is 247 g/mol. The Balaban J connectivity index is 1.98. The Bertz CT molecular complexity index is 580. The van der Waals surface area contributed by atoms with Crippen molar-refractivity contribution >= 4 is 5.91 Å². The largest absolute Gasteiger partial charge is 0.386 e. The van der Waals surface area contributed by atoms with Crippen molar-refractivity contribution in [1.82, 2.24) is 9.88 Å². The van der Waals surface area contributed by atoms with Gasteiger partial charge in [0.25, 0.3) is 5.91 Å². The first kappa shape index (κ1) is 13.3. The Morgan fingerprint density at radius 2 is 2.11 bits per heavy atom. The van der Waals surface area contributed by atoms with E-state index in [2.05, 4.69) is 5.32 Å². The molecule has 2 N–H and O–H groups in total. The Morgan fingerprint density at radius 3 is 2.74 bits per heavy atom. The lowest BCUT2D eigenvalue weighted by Crippen LogP contribution is -2.29. The van der Waals surface area contributed by atoms with E-state index >= 15 is 0 Å². The van der Waals surface area contributed by atoms with Crippen LogP contribution in [0.1, 0.15) is 22.2 Å². The summed E-state index contributed by atoms with van der Waals surface area (Å²) in [6.45, 7) is -0.0368. The van der Waals surface area contributed by atoms with Crippen LogP contribution >= 0.6 is 0 Å². The molecule has 0 fully saturated rings. The summed E-state index contributed by atoms with van der Waals surface area (Å²) < 4.78 is 15.1. The number of aryl methyl sites for hydroxylation is 1. The Hall–Kier alpha value is -2.14. The van der Waals surface area contributed by atoms with Gasteiger partial charge in [-0.2, -0.15) is 0 Å². The number of carbonyl (C=O) groups excluding carboxylic acids is 1. The van der Waals surface area contributed by atoms with Gasteiger partial charge in [-0.3, -0.25) is 4.79 Å². The van der Waals surface area contributed by atoms with E-state index in [1.54, 1.807) is 42.1 Å². The lowest BCUT2D eigenvalue weighted by Gasteiger charge is -2.13. The first-order chi connectivity index (χ1) is 9.09. The molecule has 0 saturated heterocycles. The maximum atomic E-state index is 13.4. The number of aliphatic hydroxyl groups is 1. The predicted octanol–water partition coefficient (Wildman–Crippen LogP) is 1.63. The molecule has 1 aromatic carbocycles. The fourth-order valence-electron chi connectivity index (χ4n) is 1.83. The van der Waals surface area contributed by atoms with Crippen LogP contribution in [0.4, 0.5) is 4.39 Å². The molecule has 4 nitrogen and oxygen atoms in total. The van der Waals surface area contributed by atoms with Gasteiger partial charge in [-0.05, 0) is 18.2 Å². The van der Waals surface area contributed by atoms with Crippen molar-refractivity contribution in [2.75, 3.05) is 6.54 Å². The normalized spacial score (nSPS) is 12.2. The van der Waals surface area contributed by atoms with E-state index in [0.29, 0.717) is 5.69 Å². The standard InChI is InChI=1S/C14H15FN2O2/c1-17-8-4-7-12(17)14(19)16-9-13(18)10-5-2-3-6-11(10)15/h2-8,13,18H,9H2,1H3,(H,16,19). The zero-order valence-electron chi connectivity index (χ0n) is 10.5. The van der Waals surface area contributed by atoms with Gasteiger partial charge in [-0.25, -0.2) is 4.39 Å². The van der Waals surface area contributed by atoms with E-state index in [1.807, 2.05) is 0 Å². The third-order valence-electron chi connectivity index (χ3n) is 2.90. The molecule has 0 saturated carbocycles. The predicted molar refractivity (Wildman–Crippen MR) is 69.1 cm³/mol. The van der Waals surface area contributed by atoms with Crippen LogP contribution in [-0.4, -0.2) is 22.1 Å². The summed E-state index contributed by atoms with van der Waals surface area (Å²) in [6, 6.07) is 9.38. The highest BCUT2D eigenvalue weighted by molar-refractivity contribution is 5.92. The van der Waals surface area contributed by atoms with E-state index in [9.17, 15) is 14.3 Å². The van der Waals surface area contributed by atoms with Gasteiger partial charge >= 0.3 is 0 Å². The smallest absolute Gasteiger partial charge is 0.267 e. The summed E-state index contributed by atoms with van der Waals surface area (Å²) in [5, 5.41) is 12.4. The van der Waals surface area contributed by atoms with E-state index in [4.69, 9.17) is 0 Å². The Morgan fingerprint density at radius 1 is 1.37 bits per heavy atom. The van der Waals surface area contributed by atoms with Crippen molar-refractivity contribution < 1.29 is 14.3 Å². The number of hydrogen-bond acceptors (Lipinski definition) is 2. The lowest BCUT2D eigenvalue weighted by molar-refractivity contribution is 0.0906. The molecule has 0 bridgehead atoms. The number of carbonyl (C=O) groups is 1. The van der Waals surface area contributed by atoms with E-state index in [-0.39, 0.29) is 18.0 Å². The van der Waals surface area contributed by atoms with Crippen molar-refractivity contribution in [2.45, 2.75) is 6.10 Å². The summed E-state index contributed by atoms with van der Waals surface area (Å²) in [6.07, 6.45) is 0.688. The molecule has 100 valence electrons. The van der Waals surface area contributed by atoms with Gasteiger partial charge in [-0.15, -0.1) is 0 Å². The van der Waals surface area contributed by atoms with Crippen molar-refractivity contribution in [3.63, 3.8) is 0 Å². The SMILES string of the molecule is Cn1cccc1C(=O)NCC(O)c1ccccc1F. The van der Waals surface area contributed by atoms with Crippen LogP contribution in [0, 0.1) is 5.82 Å². The minimum atomic E-state index is -1.06. The minimum Gasteiger partial charge on any atom is -0.386 e. The monoisotopic (exact) mass is 262 g/mol. The van der Waals surface area contributed by atoms with Crippen LogP contribution in [0.15, 0.2) is 42.6 Å². The second kappa shape index (κ2) is 5.67. The molecule has 2 aromatic rings. The van der Waals surface area contributed by atoms with Gasteiger partial charge in [0.05, 0.1) is 6.10 Å². The molecule has 0 radical (unpaired) electrons. The van der Waals surface area contributed by atoms with E-state index < -0.39 is 11.9 Å². The average Bonchev–Trinajstić information content (AvgIpc) is 2.82. The minimum absolute atomic E-state index is 0.0368. The second-order valence-electron chi connectivity index (χ2n) is 4.25. The maximum Gasteiger partial charge on any atom is 0.267 e. The van der Waals surface area contributed by atoms with Crippen molar-refractivity contribution in [3.05, 3.63) is 59.7 Å². The van der Waals surface area contributed by atoms with Crippen LogP contribution in [0.2, 0.25) is 0 Å². The number of aliphatic hydroxyl groups excluding tert-OH is 1. The molecular formula is C14H15FN2O2. The third-order valence-corrected chi connectivity index (χ3v) is 2.90. The van der Waals surface area contributed by atoms with Gasteiger partial charge in [0.2, 0.25) is 0 Å². The van der Waals surface area contributed by atoms with Crippen LogP contribution < -0.4 is 5.32 Å². The van der Waals surface area contributed by atoms with E-state index in [1.165, 1.54) is 12.1 Å². The summed E-state index contributed by atoms with van der Waals surface area (Å²) >= 11 is 0. The topological polar surface area (TPSA) is 54.3 Å². The van der Waals surface area contributed by atoms with Gasteiger partial charge < -0.3 is 15.0 Å². The molecule has 19 heavy (non-hydrogen) atoms. The zero-order chi connectivity index (χ0) is 13.8. The van der Waals surface area contributed by atoms with Gasteiger partial charge in [0, 0.05) is 25.4 Å². The molecule has 0 spiro atoms. The summed E-state index contributed by atoms with van der Waals surface area (Å²) in [5.74, 6) is -0.786. The van der Waals surface area contributed by atoms with Crippen molar-refractivity contribution in [1.29, 1.82) is 0 Å². The quantitative estimate of drug-likeness (QED) is 0.880. The number of amides is 1. The fraction of sp³-hybridized carbons (Fsp3) is 0.214.